The van der Waals surface area contributed by atoms with Crippen molar-refractivity contribution in [2.24, 2.45) is 5.92 Å². The van der Waals surface area contributed by atoms with Gasteiger partial charge in [0.1, 0.15) is 0 Å². The summed E-state index contributed by atoms with van der Waals surface area (Å²) in [5.41, 5.74) is 2.54. The molecule has 0 spiro atoms. The molecule has 210 valence electrons. The zero-order valence-corrected chi connectivity index (χ0v) is 23.6. The van der Waals surface area contributed by atoms with E-state index in [-0.39, 0.29) is 22.9 Å². The largest absolute Gasteiger partial charge is 0.490 e. The summed E-state index contributed by atoms with van der Waals surface area (Å²) in [5.74, 6) is -1.48. The summed E-state index contributed by atoms with van der Waals surface area (Å²) in [5, 5.41) is 17.7. The van der Waals surface area contributed by atoms with E-state index in [1.165, 1.54) is 10.6 Å². The minimum Gasteiger partial charge on any atom is -0.490 e. The van der Waals surface area contributed by atoms with Gasteiger partial charge in [-0.05, 0) is 71.4 Å². The molecule has 4 rings (SSSR count). The number of halogens is 1. The average Bonchev–Trinajstić information content (AvgIpc) is 3.27. The fourth-order valence-electron chi connectivity index (χ4n) is 4.87. The summed E-state index contributed by atoms with van der Waals surface area (Å²) < 4.78 is 28.5. The van der Waals surface area contributed by atoms with E-state index in [4.69, 9.17) is 9.47 Å². The Hall–Kier alpha value is -3.53. The van der Waals surface area contributed by atoms with Crippen molar-refractivity contribution in [3.05, 3.63) is 46.0 Å². The van der Waals surface area contributed by atoms with Crippen LogP contribution >= 0.6 is 0 Å². The molecule has 0 fully saturated rings. The van der Waals surface area contributed by atoms with Gasteiger partial charge in [0, 0.05) is 35.0 Å². The van der Waals surface area contributed by atoms with Crippen LogP contribution in [0.2, 0.25) is 0 Å². The summed E-state index contributed by atoms with van der Waals surface area (Å²) >= 11 is 0. The van der Waals surface area contributed by atoms with E-state index >= 15 is 4.39 Å². The number of benzene rings is 1. The molecular weight excluding hydrogens is 503 g/mol. The fourth-order valence-corrected chi connectivity index (χ4v) is 4.87. The van der Waals surface area contributed by atoms with Crippen molar-refractivity contribution in [1.82, 2.24) is 19.9 Å². The topological polar surface area (TPSA) is 115 Å². The summed E-state index contributed by atoms with van der Waals surface area (Å²) in [7, 11) is 0. The van der Waals surface area contributed by atoms with Crippen LogP contribution in [0.1, 0.15) is 86.4 Å². The molecule has 0 unspecified atom stereocenters. The first kappa shape index (κ1) is 28.5. The number of ether oxygens (including phenoxy) is 2. The van der Waals surface area contributed by atoms with E-state index in [1.54, 1.807) is 33.8 Å². The summed E-state index contributed by atoms with van der Waals surface area (Å²) in [6, 6.07) is 2.90. The maximum absolute atomic E-state index is 15.4. The van der Waals surface area contributed by atoms with Crippen molar-refractivity contribution in [2.75, 3.05) is 13.2 Å². The number of aromatic nitrogens is 3. The van der Waals surface area contributed by atoms with Gasteiger partial charge in [0.25, 0.3) is 5.91 Å². The molecule has 0 saturated carbocycles. The molecule has 1 atom stereocenters. The lowest BCUT2D eigenvalue weighted by molar-refractivity contribution is -0.160. The standard InChI is InChI=1S/C29H37FN4O5/c1-15(2)10-11-31-27(35)21-14-22-32-17(4)23(26(28(36)37)39-29(5,6)7)24(34(22)33-21)19-13-20(30)25-18(16(19)3)9-8-12-38-25/h13-15,26H,8-12H2,1-7H3,(H,31,35)(H,36,37)/t26-/m0/s1. The Labute approximate surface area is 227 Å². The van der Waals surface area contributed by atoms with Gasteiger partial charge in [0.15, 0.2) is 29.0 Å². The molecule has 39 heavy (non-hydrogen) atoms. The van der Waals surface area contributed by atoms with Crippen LogP contribution < -0.4 is 10.1 Å². The van der Waals surface area contributed by atoms with Crippen LogP contribution in [0.5, 0.6) is 5.75 Å². The van der Waals surface area contributed by atoms with Crippen LogP contribution in [0.15, 0.2) is 12.1 Å². The van der Waals surface area contributed by atoms with Crippen LogP contribution in [-0.4, -0.2) is 50.3 Å². The number of carbonyl (C=O) groups excluding carboxylic acids is 1. The zero-order valence-electron chi connectivity index (χ0n) is 23.6. The van der Waals surface area contributed by atoms with E-state index in [0.29, 0.717) is 48.1 Å². The van der Waals surface area contributed by atoms with Crippen LogP contribution in [0.4, 0.5) is 4.39 Å². The lowest BCUT2D eigenvalue weighted by Gasteiger charge is -2.28. The van der Waals surface area contributed by atoms with Crippen molar-refractivity contribution in [3.8, 4) is 17.0 Å². The monoisotopic (exact) mass is 540 g/mol. The molecule has 1 aliphatic heterocycles. The van der Waals surface area contributed by atoms with Crippen molar-refractivity contribution >= 4 is 17.5 Å². The van der Waals surface area contributed by atoms with Gasteiger partial charge in [-0.25, -0.2) is 18.7 Å². The van der Waals surface area contributed by atoms with Gasteiger partial charge in [0.2, 0.25) is 0 Å². The molecule has 3 aromatic rings. The molecule has 2 aromatic heterocycles. The second-order valence-electron chi connectivity index (χ2n) is 11.4. The summed E-state index contributed by atoms with van der Waals surface area (Å²) in [6.45, 7) is 13.9. The van der Waals surface area contributed by atoms with Gasteiger partial charge in [0.05, 0.1) is 17.9 Å². The number of rotatable bonds is 8. The minimum atomic E-state index is -1.42. The SMILES string of the molecule is Cc1nc2cc(C(=O)NCCC(C)C)nn2c(-c2cc(F)c3c(c2C)CCCO3)c1[C@H](OC(C)(C)C)C(=O)O. The molecule has 1 aromatic carbocycles. The first-order valence-corrected chi connectivity index (χ1v) is 13.3. The Kier molecular flexibility index (Phi) is 7.97. The van der Waals surface area contributed by atoms with E-state index in [1.807, 2.05) is 6.92 Å². The number of hydrogen-bond acceptors (Lipinski definition) is 6. The van der Waals surface area contributed by atoms with Gasteiger partial charge in [-0.1, -0.05) is 13.8 Å². The highest BCUT2D eigenvalue weighted by molar-refractivity contribution is 5.93. The Balaban J connectivity index is 1.99. The van der Waals surface area contributed by atoms with Gasteiger partial charge >= 0.3 is 5.97 Å². The van der Waals surface area contributed by atoms with Crippen molar-refractivity contribution in [3.63, 3.8) is 0 Å². The van der Waals surface area contributed by atoms with Crippen LogP contribution in [-0.2, 0) is 16.0 Å². The summed E-state index contributed by atoms with van der Waals surface area (Å²) in [4.78, 5) is 30.1. The first-order valence-electron chi connectivity index (χ1n) is 13.3. The minimum absolute atomic E-state index is 0.132. The number of carboxylic acids is 1. The molecular formula is C29H37FN4O5. The Morgan fingerprint density at radius 3 is 2.62 bits per heavy atom. The van der Waals surface area contributed by atoms with Gasteiger partial charge in [-0.15, -0.1) is 0 Å². The van der Waals surface area contributed by atoms with E-state index in [9.17, 15) is 14.7 Å². The quantitative estimate of drug-likeness (QED) is 0.404. The van der Waals surface area contributed by atoms with Crippen LogP contribution in [0.3, 0.4) is 0 Å². The lowest BCUT2D eigenvalue weighted by atomic mass is 9.91. The Morgan fingerprint density at radius 1 is 1.26 bits per heavy atom. The molecule has 0 bridgehead atoms. The third kappa shape index (κ3) is 5.90. The Morgan fingerprint density at radius 2 is 1.97 bits per heavy atom. The van der Waals surface area contributed by atoms with Crippen molar-refractivity contribution < 1.29 is 28.6 Å². The smallest absolute Gasteiger partial charge is 0.337 e. The maximum Gasteiger partial charge on any atom is 0.337 e. The molecule has 1 amide bonds. The number of aryl methyl sites for hydroxylation is 1. The zero-order chi connectivity index (χ0) is 28.6. The highest BCUT2D eigenvalue weighted by Gasteiger charge is 2.34. The second-order valence-corrected chi connectivity index (χ2v) is 11.4. The number of amides is 1. The molecule has 10 heteroatoms. The maximum atomic E-state index is 15.4. The summed E-state index contributed by atoms with van der Waals surface area (Å²) in [6.07, 6.45) is 0.755. The van der Waals surface area contributed by atoms with Gasteiger partial charge < -0.3 is 19.9 Å². The van der Waals surface area contributed by atoms with Crippen LogP contribution in [0, 0.1) is 25.6 Å². The number of nitrogens with one attached hydrogen (secondary N) is 1. The number of carbonyl (C=O) groups is 2. The normalized spacial score (nSPS) is 14.3. The van der Waals surface area contributed by atoms with Crippen molar-refractivity contribution in [1.29, 1.82) is 0 Å². The molecule has 0 saturated heterocycles. The number of nitrogens with zero attached hydrogens (tertiary/aromatic N) is 3. The molecule has 2 N–H and O–H groups in total. The third-order valence-corrected chi connectivity index (χ3v) is 6.72. The van der Waals surface area contributed by atoms with E-state index in [2.05, 4.69) is 29.2 Å². The Bertz CT molecular complexity index is 1420. The average molecular weight is 541 g/mol. The molecule has 0 radical (unpaired) electrons. The van der Waals surface area contributed by atoms with Gasteiger partial charge in [-0.2, -0.15) is 5.10 Å². The highest BCUT2D eigenvalue weighted by Crippen LogP contribution is 2.41. The second kappa shape index (κ2) is 10.9. The highest BCUT2D eigenvalue weighted by atomic mass is 19.1. The molecule has 0 aliphatic carbocycles. The lowest BCUT2D eigenvalue weighted by Crippen LogP contribution is -2.29. The fraction of sp³-hybridized carbons (Fsp3) is 0.517. The predicted molar refractivity (Wildman–Crippen MR) is 145 cm³/mol. The van der Waals surface area contributed by atoms with Crippen LogP contribution in [0.25, 0.3) is 16.9 Å². The molecule has 9 nitrogen and oxygen atoms in total. The molecule has 3 heterocycles. The first-order chi connectivity index (χ1) is 18.3. The molecule has 1 aliphatic rings. The van der Waals surface area contributed by atoms with Gasteiger partial charge in [-0.3, -0.25) is 4.79 Å². The number of fused-ring (bicyclic) bond motifs is 2. The predicted octanol–water partition coefficient (Wildman–Crippen LogP) is 5.19. The third-order valence-electron chi connectivity index (χ3n) is 6.72. The number of carboxylic acid groups (broad SMARTS) is 1. The van der Waals surface area contributed by atoms with E-state index in [0.717, 1.165) is 24.0 Å². The van der Waals surface area contributed by atoms with E-state index < -0.39 is 23.5 Å². The number of aliphatic carboxylic acids is 1. The van der Waals surface area contributed by atoms with Crippen molar-refractivity contribution in [2.45, 2.75) is 79.4 Å². The number of hydrogen-bond donors (Lipinski definition) is 2.